The normalized spacial score (nSPS) is 13.9. The van der Waals surface area contributed by atoms with E-state index in [0.29, 0.717) is 5.69 Å². The Morgan fingerprint density at radius 2 is 2.30 bits per heavy atom. The molecule has 2 rings (SSSR count). The average molecular weight is 336 g/mol. The molecule has 1 aromatic heterocycles. The third-order valence-corrected chi connectivity index (χ3v) is 3.92. The van der Waals surface area contributed by atoms with Crippen LogP contribution in [0.1, 0.15) is 25.5 Å². The molecule has 0 fully saturated rings. The van der Waals surface area contributed by atoms with Crippen molar-refractivity contribution in [3.8, 4) is 6.07 Å². The monoisotopic (exact) mass is 335 g/mol. The minimum absolute atomic E-state index is 0.0569. The molecule has 2 aromatic rings. The molecule has 104 valence electrons. The van der Waals surface area contributed by atoms with Crippen molar-refractivity contribution in [2.75, 3.05) is 0 Å². The van der Waals surface area contributed by atoms with Crippen LogP contribution in [-0.4, -0.2) is 20.9 Å². The molecule has 0 saturated heterocycles. The van der Waals surface area contributed by atoms with Gasteiger partial charge in [0, 0.05) is 23.3 Å². The lowest BCUT2D eigenvalue weighted by atomic mass is 9.82. The first-order chi connectivity index (χ1) is 9.37. The summed E-state index contributed by atoms with van der Waals surface area (Å²) in [6.07, 6.45) is 0.180. The molecule has 0 aliphatic carbocycles. The average Bonchev–Trinajstić information content (AvgIpc) is 2.74. The van der Waals surface area contributed by atoms with Crippen LogP contribution in [0.2, 0.25) is 0 Å². The highest BCUT2D eigenvalue weighted by Crippen LogP contribution is 2.34. The number of hydrogen-bond donors (Lipinski definition) is 1. The predicted molar refractivity (Wildman–Crippen MR) is 78.2 cm³/mol. The first kappa shape index (κ1) is 14.5. The van der Waals surface area contributed by atoms with E-state index in [1.807, 2.05) is 25.2 Å². The Kier molecular flexibility index (Phi) is 3.82. The molecule has 6 heteroatoms. The number of aliphatic carboxylic acids is 1. The van der Waals surface area contributed by atoms with Crippen LogP contribution < -0.4 is 0 Å². The molecule has 20 heavy (non-hydrogen) atoms. The molecular weight excluding hydrogens is 322 g/mol. The number of carboxylic acids is 1. The Labute approximate surface area is 124 Å². The van der Waals surface area contributed by atoms with Gasteiger partial charge >= 0.3 is 5.97 Å². The Morgan fingerprint density at radius 3 is 2.90 bits per heavy atom. The van der Waals surface area contributed by atoms with Crippen LogP contribution in [0.3, 0.4) is 0 Å². The molecule has 1 aromatic carbocycles. The zero-order valence-corrected chi connectivity index (χ0v) is 12.8. The van der Waals surface area contributed by atoms with E-state index in [1.165, 1.54) is 0 Å². The van der Waals surface area contributed by atoms with Crippen molar-refractivity contribution < 1.29 is 9.90 Å². The summed E-state index contributed by atoms with van der Waals surface area (Å²) in [7, 11) is 1.81. The van der Waals surface area contributed by atoms with Crippen molar-refractivity contribution in [1.29, 1.82) is 5.26 Å². The van der Waals surface area contributed by atoms with Gasteiger partial charge in [-0.1, -0.05) is 15.9 Å². The highest BCUT2D eigenvalue weighted by atomic mass is 79.9. The van der Waals surface area contributed by atoms with Gasteiger partial charge in [0.15, 0.2) is 0 Å². The third-order valence-electron chi connectivity index (χ3n) is 3.42. The second-order valence-electron chi connectivity index (χ2n) is 4.97. The number of nitrogens with zero attached hydrogens (tertiary/aromatic N) is 3. The topological polar surface area (TPSA) is 78.9 Å². The fourth-order valence-electron chi connectivity index (χ4n) is 2.22. The molecule has 0 aliphatic heterocycles. The van der Waals surface area contributed by atoms with E-state index in [-0.39, 0.29) is 12.8 Å². The van der Waals surface area contributed by atoms with E-state index < -0.39 is 11.4 Å². The van der Waals surface area contributed by atoms with Gasteiger partial charge in [0.25, 0.3) is 0 Å². The van der Waals surface area contributed by atoms with Gasteiger partial charge < -0.3 is 5.11 Å². The number of carboxylic acid groups (broad SMARTS) is 1. The third kappa shape index (κ3) is 2.54. The number of carbonyl (C=O) groups is 1. The van der Waals surface area contributed by atoms with Crippen LogP contribution in [0.5, 0.6) is 0 Å². The van der Waals surface area contributed by atoms with Gasteiger partial charge in [-0.15, -0.1) is 0 Å². The number of nitriles is 1. The molecule has 1 unspecified atom stereocenters. The van der Waals surface area contributed by atoms with Crippen LogP contribution >= 0.6 is 15.9 Å². The standard InChI is InChI=1S/C14H14BrN3O2/c1-14(8-16,6-5-12(19)20)13-10-4-3-9(15)7-11(10)18(2)17-13/h3-4,7H,5-6H2,1-2H3,(H,19,20). The Balaban J connectivity index is 2.56. The van der Waals surface area contributed by atoms with Crippen LogP contribution in [-0.2, 0) is 17.3 Å². The molecule has 0 spiro atoms. The van der Waals surface area contributed by atoms with E-state index in [0.717, 1.165) is 15.4 Å². The lowest BCUT2D eigenvalue weighted by Crippen LogP contribution is -2.22. The highest BCUT2D eigenvalue weighted by molar-refractivity contribution is 9.10. The second-order valence-corrected chi connectivity index (χ2v) is 5.89. The lowest BCUT2D eigenvalue weighted by Gasteiger charge is -2.18. The summed E-state index contributed by atoms with van der Waals surface area (Å²) in [6.45, 7) is 1.74. The molecule has 1 heterocycles. The van der Waals surface area contributed by atoms with Crippen molar-refractivity contribution in [2.24, 2.45) is 7.05 Å². The molecule has 1 N–H and O–H groups in total. The van der Waals surface area contributed by atoms with E-state index in [2.05, 4.69) is 27.1 Å². The summed E-state index contributed by atoms with van der Waals surface area (Å²) in [5.41, 5.74) is 0.628. The largest absolute Gasteiger partial charge is 0.481 e. The molecule has 0 radical (unpaired) electrons. The molecule has 0 saturated carbocycles. The van der Waals surface area contributed by atoms with Crippen LogP contribution in [0.25, 0.3) is 10.9 Å². The SMILES string of the molecule is Cn1nc(C(C)(C#N)CCC(=O)O)c2ccc(Br)cc21. The van der Waals surface area contributed by atoms with Gasteiger partial charge in [-0.25, -0.2) is 0 Å². The highest BCUT2D eigenvalue weighted by Gasteiger charge is 2.32. The number of halogens is 1. The molecule has 0 amide bonds. The number of aromatic nitrogens is 2. The molecule has 0 aliphatic rings. The zero-order valence-electron chi connectivity index (χ0n) is 11.2. The van der Waals surface area contributed by atoms with Crippen molar-refractivity contribution >= 4 is 32.8 Å². The molecular formula is C14H14BrN3O2. The zero-order chi connectivity index (χ0) is 14.9. The summed E-state index contributed by atoms with van der Waals surface area (Å²) < 4.78 is 2.65. The number of benzene rings is 1. The van der Waals surface area contributed by atoms with Gasteiger partial charge in [0.1, 0.15) is 0 Å². The minimum Gasteiger partial charge on any atom is -0.481 e. The molecule has 1 atom stereocenters. The predicted octanol–water partition coefficient (Wildman–Crippen LogP) is 2.98. The Hall–Kier alpha value is -1.87. The van der Waals surface area contributed by atoms with Gasteiger partial charge in [-0.05, 0) is 31.5 Å². The van der Waals surface area contributed by atoms with Gasteiger partial charge in [0.05, 0.1) is 22.7 Å². The van der Waals surface area contributed by atoms with E-state index in [4.69, 9.17) is 5.11 Å². The van der Waals surface area contributed by atoms with E-state index in [9.17, 15) is 10.1 Å². The maximum Gasteiger partial charge on any atom is 0.303 e. The first-order valence-electron chi connectivity index (χ1n) is 6.13. The smallest absolute Gasteiger partial charge is 0.303 e. The summed E-state index contributed by atoms with van der Waals surface area (Å²) in [4.78, 5) is 10.8. The van der Waals surface area contributed by atoms with Crippen molar-refractivity contribution in [3.05, 3.63) is 28.4 Å². The van der Waals surface area contributed by atoms with Crippen molar-refractivity contribution in [3.63, 3.8) is 0 Å². The first-order valence-corrected chi connectivity index (χ1v) is 6.92. The Bertz CT molecular complexity index is 717. The van der Waals surface area contributed by atoms with Crippen molar-refractivity contribution in [2.45, 2.75) is 25.2 Å². The van der Waals surface area contributed by atoms with Crippen LogP contribution in [0, 0.1) is 11.3 Å². The summed E-state index contributed by atoms with van der Waals surface area (Å²) in [5, 5.41) is 23.6. The maximum atomic E-state index is 10.8. The fourth-order valence-corrected chi connectivity index (χ4v) is 2.57. The van der Waals surface area contributed by atoms with Gasteiger partial charge in [-0.2, -0.15) is 10.4 Å². The van der Waals surface area contributed by atoms with E-state index in [1.54, 1.807) is 11.6 Å². The fraction of sp³-hybridized carbons (Fsp3) is 0.357. The molecule has 0 bridgehead atoms. The van der Waals surface area contributed by atoms with E-state index >= 15 is 0 Å². The number of fused-ring (bicyclic) bond motifs is 1. The molecule has 5 nitrogen and oxygen atoms in total. The number of hydrogen-bond acceptors (Lipinski definition) is 3. The maximum absolute atomic E-state index is 10.8. The van der Waals surface area contributed by atoms with Crippen molar-refractivity contribution in [1.82, 2.24) is 9.78 Å². The second kappa shape index (κ2) is 5.25. The van der Waals surface area contributed by atoms with Gasteiger partial charge in [0.2, 0.25) is 0 Å². The summed E-state index contributed by atoms with van der Waals surface area (Å²) >= 11 is 3.41. The number of aryl methyl sites for hydroxylation is 1. The number of rotatable bonds is 4. The lowest BCUT2D eigenvalue weighted by molar-refractivity contribution is -0.137. The summed E-state index contributed by atoms with van der Waals surface area (Å²) in [6, 6.07) is 7.94. The van der Waals surface area contributed by atoms with Crippen LogP contribution in [0.4, 0.5) is 0 Å². The minimum atomic E-state index is -0.911. The van der Waals surface area contributed by atoms with Gasteiger partial charge in [-0.3, -0.25) is 9.48 Å². The Morgan fingerprint density at radius 1 is 1.60 bits per heavy atom. The van der Waals surface area contributed by atoms with Crippen LogP contribution in [0.15, 0.2) is 22.7 Å². The quantitative estimate of drug-likeness (QED) is 0.931. The summed E-state index contributed by atoms with van der Waals surface area (Å²) in [5.74, 6) is -0.908.